The van der Waals surface area contributed by atoms with Crippen LogP contribution in [0.2, 0.25) is 0 Å². The number of rotatable bonds is 5. The van der Waals surface area contributed by atoms with Gasteiger partial charge in [-0.05, 0) is 25.7 Å². The van der Waals surface area contributed by atoms with Crippen LogP contribution < -0.4 is 10.2 Å². The monoisotopic (exact) mass is 394 g/mol. The van der Waals surface area contributed by atoms with Crippen molar-refractivity contribution in [3.8, 4) is 0 Å². The maximum atomic E-state index is 12.4. The molecule has 8 heteroatoms. The molecule has 2 fully saturated rings. The van der Waals surface area contributed by atoms with E-state index in [1.807, 2.05) is 4.90 Å². The second-order valence-electron chi connectivity index (χ2n) is 8.73. The third kappa shape index (κ3) is 5.48. The highest BCUT2D eigenvalue weighted by Gasteiger charge is 2.31. The second-order valence-corrected chi connectivity index (χ2v) is 9.71. The standard InChI is InChI=1S/C19H31N5O2S/c1-19(2,3)17-21-22-18(27-17)20-15(25)8-9-16(26)24-12-10-23(11-13-24)14-6-4-5-7-14/h14H,4-13H2,1-3H3,(H,20,22,25)/p+1. The van der Waals surface area contributed by atoms with Crippen LogP contribution in [0.25, 0.3) is 0 Å². The fraction of sp³-hybridized carbons (Fsp3) is 0.789. The molecule has 1 aromatic rings. The molecule has 0 aromatic carbocycles. The average molecular weight is 395 g/mol. The zero-order chi connectivity index (χ0) is 19.4. The van der Waals surface area contributed by atoms with Crippen molar-refractivity contribution in [3.05, 3.63) is 5.01 Å². The highest BCUT2D eigenvalue weighted by Crippen LogP contribution is 2.27. The normalized spacial score (nSPS) is 19.4. The van der Waals surface area contributed by atoms with Crippen LogP contribution in [0.15, 0.2) is 0 Å². The number of nitrogens with zero attached hydrogens (tertiary/aromatic N) is 3. The van der Waals surface area contributed by atoms with Gasteiger partial charge in [0.25, 0.3) is 0 Å². The molecule has 7 nitrogen and oxygen atoms in total. The number of carbonyl (C=O) groups is 2. The quantitative estimate of drug-likeness (QED) is 0.787. The first-order chi connectivity index (χ1) is 12.8. The van der Waals surface area contributed by atoms with Crippen LogP contribution in [0.4, 0.5) is 5.13 Å². The molecule has 150 valence electrons. The minimum Gasteiger partial charge on any atom is -0.331 e. The Kier molecular flexibility index (Phi) is 6.47. The predicted octanol–water partition coefficient (Wildman–Crippen LogP) is 1.22. The summed E-state index contributed by atoms with van der Waals surface area (Å²) >= 11 is 1.39. The molecule has 1 aromatic heterocycles. The van der Waals surface area contributed by atoms with Crippen molar-refractivity contribution in [1.82, 2.24) is 15.1 Å². The fourth-order valence-electron chi connectivity index (χ4n) is 3.92. The first-order valence-electron chi connectivity index (χ1n) is 10.1. The first-order valence-corrected chi connectivity index (χ1v) is 10.9. The molecular formula is C19H32N5O2S+. The molecule has 3 rings (SSSR count). The maximum absolute atomic E-state index is 12.4. The van der Waals surface area contributed by atoms with Gasteiger partial charge in [-0.1, -0.05) is 32.1 Å². The lowest BCUT2D eigenvalue weighted by Gasteiger charge is -2.35. The van der Waals surface area contributed by atoms with Crippen LogP contribution in [-0.2, 0) is 15.0 Å². The molecule has 1 saturated carbocycles. The number of anilines is 1. The SMILES string of the molecule is CC(C)(C)c1nnc(NC(=O)CCC(=O)N2CC[NH+](C3CCCC3)CC2)s1. The van der Waals surface area contributed by atoms with Crippen LogP contribution in [0.3, 0.4) is 0 Å². The van der Waals surface area contributed by atoms with Gasteiger partial charge in [0.15, 0.2) is 0 Å². The van der Waals surface area contributed by atoms with Gasteiger partial charge < -0.3 is 15.1 Å². The summed E-state index contributed by atoms with van der Waals surface area (Å²) in [6.07, 6.45) is 5.85. The molecule has 1 saturated heterocycles. The van der Waals surface area contributed by atoms with Crippen molar-refractivity contribution in [3.63, 3.8) is 0 Å². The van der Waals surface area contributed by atoms with Crippen molar-refractivity contribution >= 4 is 28.3 Å². The number of hydrogen-bond acceptors (Lipinski definition) is 5. The Morgan fingerprint density at radius 1 is 1.15 bits per heavy atom. The third-order valence-electron chi connectivity index (χ3n) is 5.57. The summed E-state index contributed by atoms with van der Waals surface area (Å²) in [4.78, 5) is 28.2. The largest absolute Gasteiger partial charge is 0.331 e. The molecule has 0 spiro atoms. The summed E-state index contributed by atoms with van der Waals surface area (Å²) in [5.41, 5.74) is -0.0841. The predicted molar refractivity (Wildman–Crippen MR) is 106 cm³/mol. The Morgan fingerprint density at radius 2 is 1.81 bits per heavy atom. The van der Waals surface area contributed by atoms with E-state index >= 15 is 0 Å². The van der Waals surface area contributed by atoms with Crippen molar-refractivity contribution in [2.75, 3.05) is 31.5 Å². The van der Waals surface area contributed by atoms with Crippen molar-refractivity contribution < 1.29 is 14.5 Å². The van der Waals surface area contributed by atoms with E-state index in [9.17, 15) is 9.59 Å². The molecule has 0 radical (unpaired) electrons. The number of aromatic nitrogens is 2. The van der Waals surface area contributed by atoms with E-state index in [4.69, 9.17) is 0 Å². The highest BCUT2D eigenvalue weighted by atomic mass is 32.1. The van der Waals surface area contributed by atoms with Crippen molar-refractivity contribution in [2.24, 2.45) is 0 Å². The topological polar surface area (TPSA) is 79.6 Å². The minimum atomic E-state index is -0.171. The Morgan fingerprint density at radius 3 is 2.41 bits per heavy atom. The van der Waals surface area contributed by atoms with Gasteiger partial charge in [0.1, 0.15) is 5.01 Å². The average Bonchev–Trinajstić information content (AvgIpc) is 3.31. The summed E-state index contributed by atoms with van der Waals surface area (Å²) in [7, 11) is 0. The lowest BCUT2D eigenvalue weighted by atomic mass is 9.98. The van der Waals surface area contributed by atoms with E-state index in [-0.39, 0.29) is 30.1 Å². The number of piperazine rings is 1. The molecule has 0 atom stereocenters. The van der Waals surface area contributed by atoms with Crippen LogP contribution in [-0.4, -0.2) is 59.1 Å². The summed E-state index contributed by atoms with van der Waals surface area (Å²) in [5.74, 6) is -0.0848. The van der Waals surface area contributed by atoms with E-state index < -0.39 is 0 Å². The van der Waals surface area contributed by atoms with E-state index in [1.54, 1.807) is 4.90 Å². The number of carbonyl (C=O) groups excluding carboxylic acids is 2. The van der Waals surface area contributed by atoms with Gasteiger partial charge in [0.2, 0.25) is 16.9 Å². The molecular weight excluding hydrogens is 362 g/mol. The number of quaternary nitrogens is 1. The van der Waals surface area contributed by atoms with Gasteiger partial charge in [-0.15, -0.1) is 10.2 Å². The molecule has 2 aliphatic rings. The zero-order valence-electron chi connectivity index (χ0n) is 16.7. The van der Waals surface area contributed by atoms with Gasteiger partial charge in [-0.25, -0.2) is 0 Å². The van der Waals surface area contributed by atoms with Gasteiger partial charge in [0, 0.05) is 18.3 Å². The molecule has 0 unspecified atom stereocenters. The lowest BCUT2D eigenvalue weighted by Crippen LogP contribution is -3.18. The number of amides is 2. The summed E-state index contributed by atoms with van der Waals surface area (Å²) in [6.45, 7) is 9.91. The van der Waals surface area contributed by atoms with Gasteiger partial charge >= 0.3 is 0 Å². The number of nitrogens with one attached hydrogen (secondary N) is 2. The van der Waals surface area contributed by atoms with Crippen LogP contribution in [0.1, 0.15) is 64.3 Å². The summed E-state index contributed by atoms with van der Waals surface area (Å²) < 4.78 is 0. The molecule has 2 heterocycles. The van der Waals surface area contributed by atoms with Gasteiger partial charge in [-0.3, -0.25) is 9.59 Å². The molecule has 2 N–H and O–H groups in total. The second kappa shape index (κ2) is 8.65. The fourth-order valence-corrected chi connectivity index (χ4v) is 4.74. The van der Waals surface area contributed by atoms with E-state index in [2.05, 4.69) is 36.3 Å². The van der Waals surface area contributed by atoms with Gasteiger partial charge in [-0.2, -0.15) is 0 Å². The highest BCUT2D eigenvalue weighted by molar-refractivity contribution is 7.15. The lowest BCUT2D eigenvalue weighted by molar-refractivity contribution is -0.928. The van der Waals surface area contributed by atoms with Gasteiger partial charge in [0.05, 0.1) is 32.2 Å². The molecule has 2 amide bonds. The summed E-state index contributed by atoms with van der Waals surface area (Å²) in [5, 5.41) is 12.3. The third-order valence-corrected chi connectivity index (χ3v) is 6.83. The molecule has 1 aliphatic carbocycles. The molecule has 0 bridgehead atoms. The molecule has 27 heavy (non-hydrogen) atoms. The van der Waals surface area contributed by atoms with Crippen LogP contribution in [0.5, 0.6) is 0 Å². The maximum Gasteiger partial charge on any atom is 0.226 e. The van der Waals surface area contributed by atoms with Crippen molar-refractivity contribution in [2.45, 2.75) is 70.8 Å². The Labute approximate surface area is 165 Å². The molecule has 1 aliphatic heterocycles. The minimum absolute atomic E-state index is 0.0841. The Balaban J connectivity index is 1.38. The Bertz CT molecular complexity index is 655. The van der Waals surface area contributed by atoms with Crippen LogP contribution >= 0.6 is 11.3 Å². The van der Waals surface area contributed by atoms with E-state index in [0.717, 1.165) is 37.2 Å². The Hall–Kier alpha value is -1.54. The van der Waals surface area contributed by atoms with Crippen LogP contribution in [0, 0.1) is 0 Å². The number of hydrogen-bond donors (Lipinski definition) is 2. The summed E-state index contributed by atoms with van der Waals surface area (Å²) in [6, 6.07) is 0.804. The zero-order valence-corrected chi connectivity index (χ0v) is 17.5. The van der Waals surface area contributed by atoms with E-state index in [1.165, 1.54) is 37.0 Å². The first kappa shape index (κ1) is 20.2. The smallest absolute Gasteiger partial charge is 0.226 e. The van der Waals surface area contributed by atoms with E-state index in [0.29, 0.717) is 5.13 Å². The van der Waals surface area contributed by atoms with Crippen molar-refractivity contribution in [1.29, 1.82) is 0 Å².